The third-order valence-electron chi connectivity index (χ3n) is 3.00. The van der Waals surface area contributed by atoms with Gasteiger partial charge in [-0.25, -0.2) is 4.79 Å². The molecule has 2 aromatic rings. The van der Waals surface area contributed by atoms with E-state index >= 15 is 0 Å². The highest BCUT2D eigenvalue weighted by atomic mass is 79.9. The van der Waals surface area contributed by atoms with E-state index in [1.165, 1.54) is 6.20 Å². The van der Waals surface area contributed by atoms with Crippen molar-refractivity contribution >= 4 is 39.4 Å². The van der Waals surface area contributed by atoms with Gasteiger partial charge in [-0.2, -0.15) is 0 Å². The van der Waals surface area contributed by atoms with Crippen LogP contribution in [0.4, 0.5) is 0 Å². The number of nitrogens with zero attached hydrogens (tertiary/aromatic N) is 1. The van der Waals surface area contributed by atoms with Gasteiger partial charge in [-0.15, -0.1) is 0 Å². The van der Waals surface area contributed by atoms with Crippen LogP contribution in [0.25, 0.3) is 0 Å². The van der Waals surface area contributed by atoms with Crippen LogP contribution in [0, 0.1) is 0 Å². The summed E-state index contributed by atoms with van der Waals surface area (Å²) in [6, 6.07) is 8.52. The Kier molecular flexibility index (Phi) is 6.12. The number of pyridine rings is 1. The van der Waals surface area contributed by atoms with Crippen LogP contribution in [0.3, 0.4) is 0 Å². The third kappa shape index (κ3) is 5.33. The zero-order valence-electron chi connectivity index (χ0n) is 12.3. The summed E-state index contributed by atoms with van der Waals surface area (Å²) in [6.45, 7) is 1.46. The second kappa shape index (κ2) is 8.08. The Hall–Kier alpha value is -1.92. The number of hydrogen-bond donors (Lipinski definition) is 1. The number of esters is 1. The number of hydrogen-bond acceptors (Lipinski definition) is 4. The number of aromatic nitrogens is 1. The first-order chi connectivity index (χ1) is 11.0. The lowest BCUT2D eigenvalue weighted by atomic mass is 10.1. The van der Waals surface area contributed by atoms with Crippen molar-refractivity contribution in [2.45, 2.75) is 13.0 Å². The van der Waals surface area contributed by atoms with Crippen LogP contribution in [0.2, 0.25) is 5.02 Å². The zero-order chi connectivity index (χ0) is 16.8. The molecule has 1 heterocycles. The van der Waals surface area contributed by atoms with Gasteiger partial charge in [-0.05, 0) is 46.6 Å². The van der Waals surface area contributed by atoms with Gasteiger partial charge in [0.2, 0.25) is 0 Å². The summed E-state index contributed by atoms with van der Waals surface area (Å²) < 4.78 is 5.63. The first-order valence-corrected chi connectivity index (χ1v) is 7.95. The molecule has 0 aliphatic carbocycles. The van der Waals surface area contributed by atoms with E-state index < -0.39 is 11.9 Å². The highest BCUT2D eigenvalue weighted by Gasteiger charge is 2.13. The number of carbonyl (C=O) groups is 2. The molecule has 1 N–H and O–H groups in total. The Morgan fingerprint density at radius 3 is 2.83 bits per heavy atom. The predicted octanol–water partition coefficient (Wildman–Crippen LogP) is 3.53. The SMILES string of the molecule is CC(NC(=O)COC(=O)c1cncc(Br)c1)c1cccc(Cl)c1. The molecule has 0 spiro atoms. The van der Waals surface area contributed by atoms with Crippen LogP contribution in [0.15, 0.2) is 47.2 Å². The zero-order valence-corrected chi connectivity index (χ0v) is 14.6. The largest absolute Gasteiger partial charge is 0.452 e. The molecular formula is C16H14BrClN2O3. The van der Waals surface area contributed by atoms with Gasteiger partial charge in [0.25, 0.3) is 5.91 Å². The number of nitrogens with one attached hydrogen (secondary N) is 1. The Morgan fingerprint density at radius 2 is 2.13 bits per heavy atom. The van der Waals surface area contributed by atoms with E-state index in [4.69, 9.17) is 16.3 Å². The van der Waals surface area contributed by atoms with Gasteiger partial charge in [0.1, 0.15) is 0 Å². The van der Waals surface area contributed by atoms with Crippen molar-refractivity contribution in [2.24, 2.45) is 0 Å². The van der Waals surface area contributed by atoms with Crippen LogP contribution in [-0.2, 0) is 9.53 Å². The summed E-state index contributed by atoms with van der Waals surface area (Å²) in [7, 11) is 0. The second-order valence-corrected chi connectivity index (χ2v) is 6.16. The maximum absolute atomic E-state index is 11.9. The molecule has 0 saturated heterocycles. The molecule has 23 heavy (non-hydrogen) atoms. The van der Waals surface area contributed by atoms with Gasteiger partial charge in [-0.3, -0.25) is 9.78 Å². The molecule has 0 saturated carbocycles. The highest BCUT2D eigenvalue weighted by molar-refractivity contribution is 9.10. The molecule has 0 fully saturated rings. The summed E-state index contributed by atoms with van der Waals surface area (Å²) >= 11 is 9.13. The van der Waals surface area contributed by atoms with E-state index in [1.807, 2.05) is 13.0 Å². The fraction of sp³-hybridized carbons (Fsp3) is 0.188. The van der Waals surface area contributed by atoms with Gasteiger partial charge in [0.05, 0.1) is 11.6 Å². The molecule has 0 bridgehead atoms. The van der Waals surface area contributed by atoms with E-state index in [1.54, 1.807) is 30.5 Å². The van der Waals surface area contributed by atoms with Crippen molar-refractivity contribution in [1.29, 1.82) is 0 Å². The van der Waals surface area contributed by atoms with Gasteiger partial charge in [0.15, 0.2) is 6.61 Å². The number of rotatable bonds is 5. The normalized spacial score (nSPS) is 11.6. The monoisotopic (exact) mass is 396 g/mol. The molecule has 5 nitrogen and oxygen atoms in total. The van der Waals surface area contributed by atoms with Crippen LogP contribution in [0.5, 0.6) is 0 Å². The highest BCUT2D eigenvalue weighted by Crippen LogP contribution is 2.17. The minimum atomic E-state index is -0.607. The summed E-state index contributed by atoms with van der Waals surface area (Å²) in [4.78, 5) is 27.6. The fourth-order valence-electron chi connectivity index (χ4n) is 1.88. The van der Waals surface area contributed by atoms with Crippen LogP contribution in [-0.4, -0.2) is 23.5 Å². The van der Waals surface area contributed by atoms with Crippen molar-refractivity contribution in [3.8, 4) is 0 Å². The molecule has 120 valence electrons. The molecule has 0 radical (unpaired) electrons. The average Bonchev–Trinajstić information content (AvgIpc) is 2.52. The molecule has 0 aliphatic rings. The molecule has 7 heteroatoms. The van der Waals surface area contributed by atoms with Crippen molar-refractivity contribution < 1.29 is 14.3 Å². The number of halogens is 2. The molecule has 0 aliphatic heterocycles. The van der Waals surface area contributed by atoms with Gasteiger partial charge in [-0.1, -0.05) is 23.7 Å². The number of amides is 1. The number of benzene rings is 1. The number of carbonyl (C=O) groups excluding carboxylic acids is 2. The van der Waals surface area contributed by atoms with Gasteiger partial charge < -0.3 is 10.1 Å². The molecule has 1 aromatic carbocycles. The lowest BCUT2D eigenvalue weighted by Gasteiger charge is -2.14. The van der Waals surface area contributed by atoms with E-state index in [9.17, 15) is 9.59 Å². The van der Waals surface area contributed by atoms with Crippen LogP contribution >= 0.6 is 27.5 Å². The standard InChI is InChI=1S/C16H14BrClN2O3/c1-10(11-3-2-4-14(18)6-11)20-15(21)9-23-16(22)12-5-13(17)8-19-7-12/h2-8,10H,9H2,1H3,(H,20,21). The van der Waals surface area contributed by atoms with Crippen LogP contribution in [0.1, 0.15) is 28.9 Å². The quantitative estimate of drug-likeness (QED) is 0.784. The molecule has 1 unspecified atom stereocenters. The lowest BCUT2D eigenvalue weighted by molar-refractivity contribution is -0.124. The Balaban J connectivity index is 1.86. The molecule has 1 amide bonds. The molecule has 2 rings (SSSR count). The Morgan fingerprint density at radius 1 is 1.35 bits per heavy atom. The summed E-state index contributed by atoms with van der Waals surface area (Å²) in [6.07, 6.45) is 2.93. The average molecular weight is 398 g/mol. The molecule has 1 atom stereocenters. The van der Waals surface area contributed by atoms with Crippen molar-refractivity contribution in [2.75, 3.05) is 6.61 Å². The smallest absolute Gasteiger partial charge is 0.340 e. The topological polar surface area (TPSA) is 68.3 Å². The fourth-order valence-corrected chi connectivity index (χ4v) is 2.44. The molecular weight excluding hydrogens is 384 g/mol. The Labute approximate surface area is 147 Å². The predicted molar refractivity (Wildman–Crippen MR) is 90.2 cm³/mol. The van der Waals surface area contributed by atoms with E-state index in [2.05, 4.69) is 26.2 Å². The summed E-state index contributed by atoms with van der Waals surface area (Å²) in [5, 5.41) is 3.34. The first kappa shape index (κ1) is 17.4. The third-order valence-corrected chi connectivity index (χ3v) is 3.67. The molecule has 1 aromatic heterocycles. The van der Waals surface area contributed by atoms with Crippen molar-refractivity contribution in [3.63, 3.8) is 0 Å². The lowest BCUT2D eigenvalue weighted by Crippen LogP contribution is -2.31. The van der Waals surface area contributed by atoms with Gasteiger partial charge >= 0.3 is 5.97 Å². The summed E-state index contributed by atoms with van der Waals surface area (Å²) in [5.74, 6) is -1.00. The van der Waals surface area contributed by atoms with E-state index in [0.717, 1.165) is 5.56 Å². The van der Waals surface area contributed by atoms with E-state index in [-0.39, 0.29) is 18.2 Å². The maximum atomic E-state index is 11.9. The van der Waals surface area contributed by atoms with Gasteiger partial charge in [0, 0.05) is 21.9 Å². The maximum Gasteiger partial charge on any atom is 0.340 e. The minimum absolute atomic E-state index is 0.243. The first-order valence-electron chi connectivity index (χ1n) is 6.78. The van der Waals surface area contributed by atoms with Crippen molar-refractivity contribution in [1.82, 2.24) is 10.3 Å². The van der Waals surface area contributed by atoms with Crippen LogP contribution < -0.4 is 5.32 Å². The Bertz CT molecular complexity index is 724. The number of ether oxygens (including phenoxy) is 1. The second-order valence-electron chi connectivity index (χ2n) is 4.81. The van der Waals surface area contributed by atoms with E-state index in [0.29, 0.717) is 9.50 Å². The summed E-state index contributed by atoms with van der Waals surface area (Å²) in [5.41, 5.74) is 1.14. The minimum Gasteiger partial charge on any atom is -0.452 e. The van der Waals surface area contributed by atoms with Crippen molar-refractivity contribution in [3.05, 3.63) is 63.3 Å².